The van der Waals surface area contributed by atoms with E-state index in [9.17, 15) is 0 Å². The molecule has 0 fully saturated rings. The predicted molar refractivity (Wildman–Crippen MR) is 71.7 cm³/mol. The molecule has 0 N–H and O–H groups in total. The second-order valence-corrected chi connectivity index (χ2v) is 4.53. The van der Waals surface area contributed by atoms with E-state index >= 15 is 0 Å². The summed E-state index contributed by atoms with van der Waals surface area (Å²) in [7, 11) is 0. The van der Waals surface area contributed by atoms with Crippen LogP contribution in [0.2, 0.25) is 0 Å². The molecular weight excluding hydrogens is 224 g/mol. The normalized spacial score (nSPS) is 10.8. The molecule has 0 amide bonds. The zero-order valence-corrected chi connectivity index (χ0v) is 10.6. The Morgan fingerprint density at radius 1 is 1.11 bits per heavy atom. The molecule has 3 nitrogen and oxygen atoms in total. The molecule has 0 aliphatic heterocycles. The van der Waals surface area contributed by atoms with Crippen LogP contribution in [-0.4, -0.2) is 6.01 Å². The van der Waals surface area contributed by atoms with Gasteiger partial charge in [0.15, 0.2) is 0 Å². The van der Waals surface area contributed by atoms with E-state index in [0.717, 1.165) is 11.3 Å². The van der Waals surface area contributed by atoms with Crippen LogP contribution in [0.5, 0.6) is 0 Å². The number of nitrogens with zero attached hydrogens (tertiary/aromatic N) is 2. The van der Waals surface area contributed by atoms with Gasteiger partial charge >= 0.3 is 0 Å². The highest BCUT2D eigenvalue weighted by Crippen LogP contribution is 2.23. The summed E-state index contributed by atoms with van der Waals surface area (Å²) in [5.41, 5.74) is 0.833. The van der Waals surface area contributed by atoms with E-state index in [1.54, 1.807) is 6.26 Å². The third kappa shape index (κ3) is 3.19. The van der Waals surface area contributed by atoms with Gasteiger partial charge < -0.3 is 4.42 Å². The van der Waals surface area contributed by atoms with Gasteiger partial charge in [-0.25, -0.2) is 9.98 Å². The molecule has 0 bridgehead atoms. The second-order valence-electron chi connectivity index (χ2n) is 4.53. The second kappa shape index (κ2) is 5.48. The Kier molecular flexibility index (Phi) is 3.75. The van der Waals surface area contributed by atoms with Gasteiger partial charge in [0, 0.05) is 0 Å². The zero-order chi connectivity index (χ0) is 12.8. The summed E-state index contributed by atoms with van der Waals surface area (Å²) in [6.07, 6.45) is 1.63. The van der Waals surface area contributed by atoms with Crippen LogP contribution >= 0.6 is 0 Å². The highest BCUT2D eigenvalue weighted by molar-refractivity contribution is 5.43. The summed E-state index contributed by atoms with van der Waals surface area (Å²) in [5.74, 6) is 0.815. The molecule has 92 valence electrons. The van der Waals surface area contributed by atoms with Crippen molar-refractivity contribution in [3.63, 3.8) is 0 Å². The van der Waals surface area contributed by atoms with E-state index in [1.165, 1.54) is 0 Å². The monoisotopic (exact) mass is 240 g/mol. The number of aliphatic imine (C=N–C) groups is 2. The third-order valence-electron chi connectivity index (χ3n) is 2.70. The molecule has 3 heteroatoms. The summed E-state index contributed by atoms with van der Waals surface area (Å²) in [5, 5.41) is 0. The third-order valence-corrected chi connectivity index (χ3v) is 2.70. The Hall–Kier alpha value is -2.12. The minimum atomic E-state index is -0.312. The molecule has 0 atom stereocenters. The van der Waals surface area contributed by atoms with E-state index in [-0.39, 0.29) is 5.54 Å². The quantitative estimate of drug-likeness (QED) is 0.747. The standard InChI is InChI=1S/C15H16N2O/c1-15(2,13-7-4-3-5-8-13)17-12-16-11-14-9-6-10-18-14/h3-10H,11H2,1-2H3. The Morgan fingerprint density at radius 3 is 2.56 bits per heavy atom. The van der Waals surface area contributed by atoms with E-state index in [1.807, 2.05) is 44.2 Å². The fraction of sp³-hybridized carbons (Fsp3) is 0.267. The highest BCUT2D eigenvalue weighted by Gasteiger charge is 2.17. The first kappa shape index (κ1) is 12.3. The van der Waals surface area contributed by atoms with Gasteiger partial charge in [-0.05, 0) is 31.5 Å². The first-order chi connectivity index (χ1) is 8.68. The molecule has 0 spiro atoms. The van der Waals surface area contributed by atoms with Crippen LogP contribution in [-0.2, 0) is 12.1 Å². The van der Waals surface area contributed by atoms with E-state index in [0.29, 0.717) is 6.54 Å². The van der Waals surface area contributed by atoms with Crippen molar-refractivity contribution in [2.24, 2.45) is 9.98 Å². The minimum absolute atomic E-state index is 0.312. The minimum Gasteiger partial charge on any atom is -0.467 e. The molecule has 2 aromatic rings. The van der Waals surface area contributed by atoms with E-state index in [4.69, 9.17) is 4.42 Å². The zero-order valence-electron chi connectivity index (χ0n) is 10.6. The van der Waals surface area contributed by atoms with Gasteiger partial charge in [-0.1, -0.05) is 30.3 Å². The molecule has 2 rings (SSSR count). The largest absolute Gasteiger partial charge is 0.467 e. The molecule has 1 aromatic heterocycles. The van der Waals surface area contributed by atoms with Gasteiger partial charge in [0.05, 0.1) is 17.8 Å². The summed E-state index contributed by atoms with van der Waals surface area (Å²) in [4.78, 5) is 8.48. The molecule has 1 heterocycles. The van der Waals surface area contributed by atoms with Crippen LogP contribution in [0.3, 0.4) is 0 Å². The first-order valence-electron chi connectivity index (χ1n) is 5.90. The van der Waals surface area contributed by atoms with Crippen LogP contribution in [0.15, 0.2) is 63.1 Å². The molecule has 0 aliphatic rings. The molecule has 0 saturated carbocycles. The average molecular weight is 240 g/mol. The van der Waals surface area contributed by atoms with Crippen LogP contribution in [0.25, 0.3) is 0 Å². The number of hydrogen-bond acceptors (Lipinski definition) is 3. The Balaban J connectivity index is 2.06. The fourth-order valence-electron chi connectivity index (χ4n) is 1.59. The summed E-state index contributed by atoms with van der Waals surface area (Å²) < 4.78 is 5.17. The van der Waals surface area contributed by atoms with Gasteiger partial charge in [0.2, 0.25) is 0 Å². The molecular formula is C15H16N2O. The maximum Gasteiger partial charge on any atom is 0.126 e. The van der Waals surface area contributed by atoms with Crippen LogP contribution < -0.4 is 0 Å². The summed E-state index contributed by atoms with van der Waals surface area (Å²) in [6.45, 7) is 4.55. The van der Waals surface area contributed by atoms with Crippen molar-refractivity contribution in [3.8, 4) is 0 Å². The van der Waals surface area contributed by atoms with Gasteiger partial charge in [-0.2, -0.15) is 0 Å². The number of furan rings is 1. The molecule has 0 radical (unpaired) electrons. The van der Waals surface area contributed by atoms with Crippen LogP contribution in [0.4, 0.5) is 0 Å². The van der Waals surface area contributed by atoms with E-state index < -0.39 is 0 Å². The van der Waals surface area contributed by atoms with E-state index in [2.05, 4.69) is 28.1 Å². The topological polar surface area (TPSA) is 37.9 Å². The predicted octanol–water partition coefficient (Wildman–Crippen LogP) is 3.89. The lowest BCUT2D eigenvalue weighted by molar-refractivity contribution is 0.512. The van der Waals surface area contributed by atoms with Gasteiger partial charge in [0.1, 0.15) is 12.3 Å². The molecule has 18 heavy (non-hydrogen) atoms. The highest BCUT2D eigenvalue weighted by atomic mass is 16.3. The van der Waals surface area contributed by atoms with Crippen LogP contribution in [0, 0.1) is 0 Å². The van der Waals surface area contributed by atoms with Crippen molar-refractivity contribution in [3.05, 3.63) is 60.1 Å². The number of rotatable bonds is 4. The average Bonchev–Trinajstić information content (AvgIpc) is 2.89. The summed E-state index contributed by atoms with van der Waals surface area (Å²) in [6, 6.07) is 16.6. The van der Waals surface area contributed by atoms with Crippen LogP contribution in [0.1, 0.15) is 25.2 Å². The lowest BCUT2D eigenvalue weighted by Crippen LogP contribution is -2.12. The summed E-state index contributed by atoms with van der Waals surface area (Å²) >= 11 is 0. The Morgan fingerprint density at radius 2 is 1.89 bits per heavy atom. The molecule has 0 unspecified atom stereocenters. The SMILES string of the molecule is CC(C)(N=C=NCc1ccco1)c1ccccc1. The van der Waals surface area contributed by atoms with Crippen molar-refractivity contribution in [2.45, 2.75) is 25.9 Å². The maximum atomic E-state index is 5.17. The van der Waals surface area contributed by atoms with Crippen molar-refractivity contribution < 1.29 is 4.42 Å². The van der Waals surface area contributed by atoms with Crippen molar-refractivity contribution in [2.75, 3.05) is 0 Å². The smallest absolute Gasteiger partial charge is 0.126 e. The van der Waals surface area contributed by atoms with Crippen molar-refractivity contribution in [1.82, 2.24) is 0 Å². The Bertz CT molecular complexity index is 535. The van der Waals surface area contributed by atoms with Crippen molar-refractivity contribution in [1.29, 1.82) is 0 Å². The lowest BCUT2D eigenvalue weighted by atomic mass is 9.95. The van der Waals surface area contributed by atoms with Crippen molar-refractivity contribution >= 4 is 6.01 Å². The molecule has 0 saturated heterocycles. The Labute approximate surface area is 107 Å². The fourth-order valence-corrected chi connectivity index (χ4v) is 1.59. The van der Waals surface area contributed by atoms with Gasteiger partial charge in [-0.3, -0.25) is 0 Å². The molecule has 0 aliphatic carbocycles. The van der Waals surface area contributed by atoms with Gasteiger partial charge in [-0.15, -0.1) is 0 Å². The number of hydrogen-bond donors (Lipinski definition) is 0. The van der Waals surface area contributed by atoms with Gasteiger partial charge in [0.25, 0.3) is 0 Å². The first-order valence-corrected chi connectivity index (χ1v) is 5.90. The number of benzene rings is 1. The molecule has 1 aromatic carbocycles. The maximum absolute atomic E-state index is 5.17. The lowest BCUT2D eigenvalue weighted by Gasteiger charge is -2.17.